The number of halogens is 1. The number of aryl methyl sites for hydroxylation is 1. The van der Waals surface area contributed by atoms with Gasteiger partial charge in [0.05, 0.1) is 7.11 Å². The summed E-state index contributed by atoms with van der Waals surface area (Å²) in [5.74, 6) is 0.984. The first-order chi connectivity index (χ1) is 13.0. The molecule has 27 heavy (non-hydrogen) atoms. The molecule has 0 radical (unpaired) electrons. The molecule has 0 N–H and O–H groups in total. The maximum absolute atomic E-state index is 14.7. The van der Waals surface area contributed by atoms with E-state index in [1.54, 1.807) is 13.2 Å². The highest BCUT2D eigenvalue weighted by Crippen LogP contribution is 2.49. The van der Waals surface area contributed by atoms with Crippen LogP contribution in [-0.2, 0) is 6.42 Å². The molecule has 0 aromatic heterocycles. The smallest absolute Gasteiger partial charge is 0.131 e. The third-order valence-electron chi connectivity index (χ3n) is 5.87. The summed E-state index contributed by atoms with van der Waals surface area (Å²) in [6.07, 6.45) is 5.96. The fourth-order valence-corrected chi connectivity index (χ4v) is 4.27. The number of ether oxygens (including phenoxy) is 1. The van der Waals surface area contributed by atoms with E-state index in [9.17, 15) is 4.39 Å². The molecule has 0 heterocycles. The van der Waals surface area contributed by atoms with E-state index < -0.39 is 0 Å². The third kappa shape index (κ3) is 4.72. The Balaban J connectivity index is 0.00000126. The van der Waals surface area contributed by atoms with Crippen LogP contribution in [0.25, 0.3) is 11.1 Å². The Labute approximate surface area is 165 Å². The van der Waals surface area contributed by atoms with E-state index in [2.05, 4.69) is 39.0 Å². The predicted molar refractivity (Wildman–Crippen MR) is 114 cm³/mol. The van der Waals surface area contributed by atoms with Gasteiger partial charge < -0.3 is 4.74 Å². The van der Waals surface area contributed by atoms with Crippen molar-refractivity contribution in [3.05, 3.63) is 53.3 Å². The van der Waals surface area contributed by atoms with E-state index in [0.717, 1.165) is 12.0 Å². The van der Waals surface area contributed by atoms with Gasteiger partial charge in [0, 0.05) is 5.56 Å². The van der Waals surface area contributed by atoms with Crippen molar-refractivity contribution in [1.82, 2.24) is 0 Å². The number of methoxy groups -OCH3 is 1. The minimum atomic E-state index is -0.181. The van der Waals surface area contributed by atoms with Crippen LogP contribution in [0.5, 0.6) is 5.75 Å². The van der Waals surface area contributed by atoms with Gasteiger partial charge >= 0.3 is 0 Å². The highest BCUT2D eigenvalue weighted by Gasteiger charge is 2.35. The standard InChI is InChI=1S/C23H29FO.C2H6/c1-5-16-9-11-18(20-15-17(25-4)10-12-22(20)24)19(14-16)21-8-6-7-13-23(21,2)3;1-2/h9-12,14-15,21H,5-8,13H2,1-4H3;1-2H3. The molecule has 2 heteroatoms. The van der Waals surface area contributed by atoms with Crippen molar-refractivity contribution in [2.24, 2.45) is 5.41 Å². The lowest BCUT2D eigenvalue weighted by Crippen LogP contribution is -2.26. The van der Waals surface area contributed by atoms with E-state index >= 15 is 0 Å². The van der Waals surface area contributed by atoms with Gasteiger partial charge in [0.1, 0.15) is 11.6 Å². The quantitative estimate of drug-likeness (QED) is 0.534. The summed E-state index contributed by atoms with van der Waals surface area (Å²) in [7, 11) is 1.63. The first kappa shape index (κ1) is 21.5. The molecule has 1 unspecified atom stereocenters. The maximum Gasteiger partial charge on any atom is 0.131 e. The van der Waals surface area contributed by atoms with Crippen LogP contribution < -0.4 is 4.74 Å². The zero-order chi connectivity index (χ0) is 20.0. The molecule has 0 saturated heterocycles. The Morgan fingerprint density at radius 3 is 2.41 bits per heavy atom. The topological polar surface area (TPSA) is 9.23 Å². The van der Waals surface area contributed by atoms with Crippen molar-refractivity contribution < 1.29 is 9.13 Å². The first-order valence-electron chi connectivity index (χ1n) is 10.4. The SMILES string of the molecule is CC.CCc1ccc(-c2cc(OC)ccc2F)c(C2CCCCC2(C)C)c1. The molecule has 1 atom stereocenters. The van der Waals surface area contributed by atoms with Crippen molar-refractivity contribution in [1.29, 1.82) is 0 Å². The van der Waals surface area contributed by atoms with E-state index in [4.69, 9.17) is 4.74 Å². The minimum absolute atomic E-state index is 0.181. The highest BCUT2D eigenvalue weighted by atomic mass is 19.1. The third-order valence-corrected chi connectivity index (χ3v) is 5.87. The largest absolute Gasteiger partial charge is 0.497 e. The van der Waals surface area contributed by atoms with Crippen LogP contribution in [0.2, 0.25) is 0 Å². The van der Waals surface area contributed by atoms with E-state index in [1.165, 1.54) is 42.9 Å². The Morgan fingerprint density at radius 2 is 1.78 bits per heavy atom. The van der Waals surface area contributed by atoms with Crippen molar-refractivity contribution in [3.63, 3.8) is 0 Å². The molecule has 0 bridgehead atoms. The van der Waals surface area contributed by atoms with Crippen LogP contribution in [0.4, 0.5) is 4.39 Å². The molecule has 1 aliphatic carbocycles. The van der Waals surface area contributed by atoms with Crippen LogP contribution in [0.15, 0.2) is 36.4 Å². The van der Waals surface area contributed by atoms with E-state index in [1.807, 2.05) is 19.9 Å². The molecule has 1 nitrogen and oxygen atoms in total. The van der Waals surface area contributed by atoms with Crippen LogP contribution >= 0.6 is 0 Å². The van der Waals surface area contributed by atoms with Gasteiger partial charge in [0.15, 0.2) is 0 Å². The van der Waals surface area contributed by atoms with Crippen molar-refractivity contribution in [2.45, 2.75) is 72.6 Å². The molecule has 2 aromatic carbocycles. The highest BCUT2D eigenvalue weighted by molar-refractivity contribution is 5.71. The van der Waals surface area contributed by atoms with Crippen LogP contribution in [0.3, 0.4) is 0 Å². The number of hydrogen-bond donors (Lipinski definition) is 0. The minimum Gasteiger partial charge on any atom is -0.497 e. The Morgan fingerprint density at radius 1 is 1.04 bits per heavy atom. The second-order valence-electron chi connectivity index (χ2n) is 7.91. The number of benzene rings is 2. The molecule has 3 rings (SSSR count). The van der Waals surface area contributed by atoms with Gasteiger partial charge in [-0.1, -0.05) is 65.7 Å². The van der Waals surface area contributed by atoms with Crippen molar-refractivity contribution in [3.8, 4) is 16.9 Å². The molecule has 0 amide bonds. The number of hydrogen-bond acceptors (Lipinski definition) is 1. The monoisotopic (exact) mass is 370 g/mol. The second kappa shape index (κ2) is 9.39. The van der Waals surface area contributed by atoms with E-state index in [0.29, 0.717) is 17.2 Å². The molecule has 1 aliphatic rings. The molecule has 2 aromatic rings. The molecule has 0 aliphatic heterocycles. The molecule has 0 spiro atoms. The average Bonchev–Trinajstić information content (AvgIpc) is 2.69. The Hall–Kier alpha value is -1.83. The van der Waals surface area contributed by atoms with Crippen LogP contribution in [0, 0.1) is 11.2 Å². The second-order valence-corrected chi connectivity index (χ2v) is 7.91. The van der Waals surface area contributed by atoms with Gasteiger partial charge in [-0.15, -0.1) is 0 Å². The summed E-state index contributed by atoms with van der Waals surface area (Å²) < 4.78 is 20.0. The van der Waals surface area contributed by atoms with Gasteiger partial charge in [-0.2, -0.15) is 0 Å². The summed E-state index contributed by atoms with van der Waals surface area (Å²) >= 11 is 0. The molecular formula is C25H35FO. The molecule has 1 fully saturated rings. The summed E-state index contributed by atoms with van der Waals surface area (Å²) in [5.41, 5.74) is 4.54. The zero-order valence-corrected chi connectivity index (χ0v) is 17.9. The average molecular weight is 371 g/mol. The van der Waals surface area contributed by atoms with Gasteiger partial charge in [-0.3, -0.25) is 0 Å². The van der Waals surface area contributed by atoms with Gasteiger partial charge in [-0.05, 0) is 65.5 Å². The summed E-state index contributed by atoms with van der Waals surface area (Å²) in [4.78, 5) is 0. The molecular weight excluding hydrogens is 335 g/mol. The Bertz CT molecular complexity index is 748. The zero-order valence-electron chi connectivity index (χ0n) is 17.9. The molecule has 148 valence electrons. The van der Waals surface area contributed by atoms with Crippen LogP contribution in [-0.4, -0.2) is 7.11 Å². The predicted octanol–water partition coefficient (Wildman–Crippen LogP) is 7.77. The first-order valence-corrected chi connectivity index (χ1v) is 10.4. The summed E-state index contributed by atoms with van der Waals surface area (Å²) in [6.45, 7) is 10.9. The van der Waals surface area contributed by atoms with Crippen LogP contribution in [0.1, 0.15) is 77.3 Å². The van der Waals surface area contributed by atoms with Gasteiger partial charge in [-0.25, -0.2) is 4.39 Å². The van der Waals surface area contributed by atoms with E-state index in [-0.39, 0.29) is 11.2 Å². The number of rotatable bonds is 4. The fraction of sp³-hybridized carbons (Fsp3) is 0.520. The van der Waals surface area contributed by atoms with Gasteiger partial charge in [0.25, 0.3) is 0 Å². The Kier molecular flexibility index (Phi) is 7.47. The molecule has 1 saturated carbocycles. The fourth-order valence-electron chi connectivity index (χ4n) is 4.27. The normalized spacial score (nSPS) is 18.4. The summed E-state index contributed by atoms with van der Waals surface area (Å²) in [6, 6.07) is 11.6. The lowest BCUT2D eigenvalue weighted by molar-refractivity contribution is 0.200. The maximum atomic E-state index is 14.7. The van der Waals surface area contributed by atoms with Crippen molar-refractivity contribution in [2.75, 3.05) is 7.11 Å². The lowest BCUT2D eigenvalue weighted by atomic mass is 9.65. The summed E-state index contributed by atoms with van der Waals surface area (Å²) in [5, 5.41) is 0. The van der Waals surface area contributed by atoms with Crippen molar-refractivity contribution >= 4 is 0 Å². The lowest BCUT2D eigenvalue weighted by Gasteiger charge is -2.40. The van der Waals surface area contributed by atoms with Gasteiger partial charge in [0.2, 0.25) is 0 Å².